The van der Waals surface area contributed by atoms with E-state index in [1.807, 2.05) is 29.6 Å². The van der Waals surface area contributed by atoms with Gasteiger partial charge in [-0.2, -0.15) is 0 Å². The van der Waals surface area contributed by atoms with Crippen LogP contribution in [0.3, 0.4) is 0 Å². The smallest absolute Gasteiger partial charge is 0.294 e. The highest BCUT2D eigenvalue weighted by Crippen LogP contribution is 2.44. The Morgan fingerprint density at radius 3 is 2.62 bits per heavy atom. The first-order valence-corrected chi connectivity index (χ1v) is 11.3. The second kappa shape index (κ2) is 7.96. The van der Waals surface area contributed by atoms with Crippen molar-refractivity contribution in [2.75, 3.05) is 12.0 Å². The van der Waals surface area contributed by atoms with Gasteiger partial charge >= 0.3 is 0 Å². The van der Waals surface area contributed by atoms with Crippen LogP contribution in [0, 0.1) is 0 Å². The average molecular weight is 510 g/mol. The molecule has 1 aliphatic rings. The molecule has 5 rings (SSSR count). The van der Waals surface area contributed by atoms with Crippen molar-refractivity contribution in [3.8, 4) is 5.75 Å². The molecule has 8 heteroatoms. The van der Waals surface area contributed by atoms with Crippen molar-refractivity contribution >= 4 is 55.6 Å². The van der Waals surface area contributed by atoms with Crippen molar-refractivity contribution in [1.82, 2.24) is 0 Å². The van der Waals surface area contributed by atoms with Crippen LogP contribution in [0.2, 0.25) is 0 Å². The molecule has 160 valence electrons. The predicted molar refractivity (Wildman–Crippen MR) is 125 cm³/mol. The van der Waals surface area contributed by atoms with Crippen LogP contribution < -0.4 is 9.64 Å². The second-order valence-corrected chi connectivity index (χ2v) is 9.07. The van der Waals surface area contributed by atoms with E-state index in [1.54, 1.807) is 43.5 Å². The van der Waals surface area contributed by atoms with Gasteiger partial charge in [0.15, 0.2) is 11.5 Å². The van der Waals surface area contributed by atoms with Crippen molar-refractivity contribution in [1.29, 1.82) is 0 Å². The molecule has 3 heterocycles. The van der Waals surface area contributed by atoms with Crippen LogP contribution in [0.1, 0.15) is 21.5 Å². The summed E-state index contributed by atoms with van der Waals surface area (Å²) in [5.74, 6) is -1.06. The van der Waals surface area contributed by atoms with Gasteiger partial charge in [-0.3, -0.25) is 14.5 Å². The highest BCUT2D eigenvalue weighted by Gasteiger charge is 2.45. The number of fused-ring (bicyclic) bond motifs is 1. The van der Waals surface area contributed by atoms with E-state index in [1.165, 1.54) is 16.2 Å². The summed E-state index contributed by atoms with van der Waals surface area (Å²) >= 11 is 4.81. The zero-order chi connectivity index (χ0) is 22.4. The first-order chi connectivity index (χ1) is 15.5. The lowest BCUT2D eigenvalue weighted by Gasteiger charge is -2.25. The Morgan fingerprint density at radius 1 is 1.16 bits per heavy atom. The summed E-state index contributed by atoms with van der Waals surface area (Å²) in [6.07, 6.45) is 0. The molecular formula is C24H16BrNO5S. The topological polar surface area (TPSA) is 80.0 Å². The number of rotatable bonds is 5. The molecule has 0 fully saturated rings. The van der Waals surface area contributed by atoms with E-state index in [-0.39, 0.29) is 11.3 Å². The summed E-state index contributed by atoms with van der Waals surface area (Å²) in [7, 11) is 1.56. The van der Waals surface area contributed by atoms with Crippen molar-refractivity contribution in [3.05, 3.63) is 92.5 Å². The molecule has 0 radical (unpaired) electrons. The number of anilines is 1. The maximum Gasteiger partial charge on any atom is 0.294 e. The van der Waals surface area contributed by atoms with Crippen LogP contribution in [0.25, 0.3) is 11.0 Å². The number of carbonyl (C=O) groups is 2. The van der Waals surface area contributed by atoms with E-state index in [0.717, 1.165) is 14.7 Å². The van der Waals surface area contributed by atoms with Crippen LogP contribution in [0.15, 0.2) is 86.3 Å². The lowest BCUT2D eigenvalue weighted by atomic mass is 10.00. The Balaban J connectivity index is 1.61. The molecular weight excluding hydrogens is 494 g/mol. The van der Waals surface area contributed by atoms with Crippen molar-refractivity contribution in [2.24, 2.45) is 0 Å². The van der Waals surface area contributed by atoms with Crippen LogP contribution in [-0.4, -0.2) is 23.9 Å². The number of ketones is 1. The largest absolute Gasteiger partial charge is 0.503 e. The maximum absolute atomic E-state index is 13.5. The fraction of sp³-hybridized carbons (Fsp3) is 0.0833. The summed E-state index contributed by atoms with van der Waals surface area (Å²) in [5.41, 5.74) is 1.07. The predicted octanol–water partition coefficient (Wildman–Crippen LogP) is 6.05. The highest BCUT2D eigenvalue weighted by atomic mass is 79.9. The number of aliphatic hydroxyl groups excluding tert-OH is 1. The molecule has 4 aromatic rings. The molecule has 1 unspecified atom stereocenters. The number of ether oxygens (including phenoxy) is 1. The third-order valence-corrected chi connectivity index (χ3v) is 6.74. The third-order valence-electron chi connectivity index (χ3n) is 5.32. The number of methoxy groups -OCH3 is 1. The second-order valence-electron chi connectivity index (χ2n) is 7.18. The number of amides is 1. The number of benzene rings is 2. The minimum atomic E-state index is -0.775. The van der Waals surface area contributed by atoms with E-state index in [2.05, 4.69) is 15.9 Å². The van der Waals surface area contributed by atoms with Gasteiger partial charge in [0.05, 0.1) is 12.7 Å². The number of aliphatic hydroxyl groups is 1. The van der Waals surface area contributed by atoms with Crippen molar-refractivity contribution < 1.29 is 23.8 Å². The van der Waals surface area contributed by atoms with Crippen molar-refractivity contribution in [2.45, 2.75) is 6.04 Å². The molecule has 2 aromatic heterocycles. The van der Waals surface area contributed by atoms with Crippen LogP contribution in [-0.2, 0) is 4.79 Å². The zero-order valence-electron chi connectivity index (χ0n) is 16.7. The molecule has 0 saturated heterocycles. The zero-order valence-corrected chi connectivity index (χ0v) is 19.1. The van der Waals surface area contributed by atoms with Crippen LogP contribution >= 0.6 is 27.3 Å². The first kappa shape index (κ1) is 20.5. The Bertz CT molecular complexity index is 1370. The number of hydrogen-bond donors (Lipinski definition) is 1. The molecule has 0 aliphatic carbocycles. The van der Waals surface area contributed by atoms with Gasteiger partial charge in [-0.25, -0.2) is 0 Å². The van der Waals surface area contributed by atoms with Gasteiger partial charge < -0.3 is 14.3 Å². The molecule has 2 aromatic carbocycles. The lowest BCUT2D eigenvalue weighted by Crippen LogP contribution is -2.30. The summed E-state index contributed by atoms with van der Waals surface area (Å²) in [5, 5.41) is 13.4. The highest BCUT2D eigenvalue weighted by molar-refractivity contribution is 9.10. The molecule has 1 amide bonds. The van der Waals surface area contributed by atoms with E-state index in [4.69, 9.17) is 9.15 Å². The fourth-order valence-corrected chi connectivity index (χ4v) is 5.02. The van der Waals surface area contributed by atoms with E-state index >= 15 is 0 Å². The van der Waals surface area contributed by atoms with E-state index < -0.39 is 23.5 Å². The third kappa shape index (κ3) is 3.32. The number of furan rings is 1. The lowest BCUT2D eigenvalue weighted by molar-refractivity contribution is -0.117. The summed E-state index contributed by atoms with van der Waals surface area (Å²) in [6, 6.07) is 16.8. The van der Waals surface area contributed by atoms with E-state index in [9.17, 15) is 14.7 Å². The van der Waals surface area contributed by atoms with Gasteiger partial charge in [-0.1, -0.05) is 22.0 Å². The molecule has 1 atom stereocenters. The minimum Gasteiger partial charge on any atom is -0.503 e. The van der Waals surface area contributed by atoms with Gasteiger partial charge in [0.2, 0.25) is 5.78 Å². The van der Waals surface area contributed by atoms with Crippen molar-refractivity contribution in [3.63, 3.8) is 0 Å². The number of carbonyl (C=O) groups excluding carboxylic acids is 2. The Morgan fingerprint density at radius 2 is 1.94 bits per heavy atom. The quantitative estimate of drug-likeness (QED) is 0.331. The SMILES string of the molecule is COc1ccc(N2C(=O)C(O)=C(C(=O)c3cc4cc(Br)ccc4o3)C2c2cccs2)cc1. The molecule has 0 spiro atoms. The molecule has 32 heavy (non-hydrogen) atoms. The summed E-state index contributed by atoms with van der Waals surface area (Å²) in [4.78, 5) is 28.8. The van der Waals surface area contributed by atoms with Gasteiger partial charge in [0.25, 0.3) is 5.91 Å². The monoisotopic (exact) mass is 509 g/mol. The number of halogens is 1. The normalized spacial score (nSPS) is 16.2. The molecule has 0 bridgehead atoms. The van der Waals surface area contributed by atoms with Gasteiger partial charge in [0, 0.05) is 20.4 Å². The van der Waals surface area contributed by atoms with E-state index in [0.29, 0.717) is 17.0 Å². The standard InChI is InChI=1S/C24H16BrNO5S/c1-30-16-7-5-15(6-8-16)26-21(19-3-2-10-32-19)20(23(28)24(26)29)22(27)18-12-13-11-14(25)4-9-17(13)31-18/h2-12,21,28H,1H3. The van der Waals surface area contributed by atoms with Gasteiger partial charge in [0.1, 0.15) is 17.4 Å². The Hall–Kier alpha value is -3.36. The number of hydrogen-bond acceptors (Lipinski definition) is 6. The van der Waals surface area contributed by atoms with Crippen LogP contribution in [0.4, 0.5) is 5.69 Å². The molecule has 0 saturated carbocycles. The summed E-state index contributed by atoms with van der Waals surface area (Å²) in [6.45, 7) is 0. The van der Waals surface area contributed by atoms with Gasteiger partial charge in [-0.05, 0) is 60.0 Å². The maximum atomic E-state index is 13.5. The molecule has 6 nitrogen and oxygen atoms in total. The van der Waals surface area contributed by atoms with Gasteiger partial charge in [-0.15, -0.1) is 11.3 Å². The summed E-state index contributed by atoms with van der Waals surface area (Å²) < 4.78 is 11.8. The molecule has 1 N–H and O–H groups in total. The minimum absolute atomic E-state index is 0.00797. The number of nitrogens with zero attached hydrogens (tertiary/aromatic N) is 1. The number of Topliss-reactive ketones (excluding diaryl/α,β-unsaturated/α-hetero) is 1. The van der Waals surface area contributed by atoms with Crippen LogP contribution in [0.5, 0.6) is 5.75 Å². The first-order valence-electron chi connectivity index (χ1n) is 9.66. The number of thiophene rings is 1. The Labute approximate surface area is 195 Å². The molecule has 1 aliphatic heterocycles. The Kier molecular flexibility index (Phi) is 5.11. The average Bonchev–Trinajstić information content (AvgIpc) is 3.52. The fourth-order valence-electron chi connectivity index (χ4n) is 3.82.